The molecule has 4 rings (SSSR count). The van der Waals surface area contributed by atoms with E-state index in [2.05, 4.69) is 34.6 Å². The number of benzene rings is 1. The Morgan fingerprint density at radius 1 is 1.32 bits per heavy atom. The van der Waals surface area contributed by atoms with Gasteiger partial charge in [0.1, 0.15) is 11.9 Å². The van der Waals surface area contributed by atoms with Crippen LogP contribution in [0.3, 0.4) is 0 Å². The third kappa shape index (κ3) is 4.36. The molecule has 6 nitrogen and oxygen atoms in total. The maximum Gasteiger partial charge on any atom is 0.234 e. The van der Waals surface area contributed by atoms with Crippen molar-refractivity contribution in [3.63, 3.8) is 0 Å². The number of fused-ring (bicyclic) bond motifs is 1. The van der Waals surface area contributed by atoms with E-state index in [1.54, 1.807) is 6.07 Å². The zero-order valence-corrected chi connectivity index (χ0v) is 16.8. The molecule has 1 aliphatic rings. The fourth-order valence-corrected chi connectivity index (χ4v) is 3.32. The first-order valence-electron chi connectivity index (χ1n) is 9.39. The van der Waals surface area contributed by atoms with Gasteiger partial charge in [-0.1, -0.05) is 19.9 Å². The zero-order valence-electron chi connectivity index (χ0n) is 16.0. The molecule has 0 spiro atoms. The van der Waals surface area contributed by atoms with Gasteiger partial charge in [0.15, 0.2) is 5.65 Å². The minimum atomic E-state index is -0.291. The van der Waals surface area contributed by atoms with Gasteiger partial charge in [0.25, 0.3) is 0 Å². The summed E-state index contributed by atoms with van der Waals surface area (Å²) in [5, 5.41) is 11.3. The van der Waals surface area contributed by atoms with E-state index in [0.717, 1.165) is 37.3 Å². The van der Waals surface area contributed by atoms with Crippen molar-refractivity contribution in [2.75, 3.05) is 18.4 Å². The molecular formula is C20H25ClFN5O. The van der Waals surface area contributed by atoms with Crippen LogP contribution in [0.5, 0.6) is 5.88 Å². The highest BCUT2D eigenvalue weighted by molar-refractivity contribution is 5.85. The van der Waals surface area contributed by atoms with E-state index in [1.165, 1.54) is 12.1 Å². The van der Waals surface area contributed by atoms with Crippen LogP contribution in [0.4, 0.5) is 15.8 Å². The molecule has 0 radical (unpaired) electrons. The Balaban J connectivity index is 0.00000225. The van der Waals surface area contributed by atoms with E-state index in [1.807, 2.05) is 22.8 Å². The van der Waals surface area contributed by atoms with Gasteiger partial charge in [0.05, 0.1) is 17.6 Å². The zero-order chi connectivity index (χ0) is 18.8. The summed E-state index contributed by atoms with van der Waals surface area (Å²) >= 11 is 0. The Labute approximate surface area is 169 Å². The lowest BCUT2D eigenvalue weighted by Gasteiger charge is -2.23. The monoisotopic (exact) mass is 405 g/mol. The van der Waals surface area contributed by atoms with Gasteiger partial charge >= 0.3 is 0 Å². The third-order valence-corrected chi connectivity index (χ3v) is 4.71. The van der Waals surface area contributed by atoms with Crippen LogP contribution in [-0.2, 0) is 0 Å². The van der Waals surface area contributed by atoms with E-state index < -0.39 is 0 Å². The fourth-order valence-electron chi connectivity index (χ4n) is 3.32. The van der Waals surface area contributed by atoms with Gasteiger partial charge < -0.3 is 15.4 Å². The molecule has 28 heavy (non-hydrogen) atoms. The molecule has 1 aliphatic heterocycles. The summed E-state index contributed by atoms with van der Waals surface area (Å²) in [4.78, 5) is 4.52. The molecule has 3 heterocycles. The number of hydrogen-bond acceptors (Lipinski definition) is 5. The van der Waals surface area contributed by atoms with Crippen LogP contribution in [0.15, 0.2) is 36.5 Å². The van der Waals surface area contributed by atoms with Crippen LogP contribution < -0.4 is 15.4 Å². The number of ether oxygens (including phenoxy) is 1. The molecule has 2 N–H and O–H groups in total. The molecule has 1 fully saturated rings. The number of piperidine rings is 1. The van der Waals surface area contributed by atoms with Crippen LogP contribution in [0, 0.1) is 5.82 Å². The number of hydrogen-bond donors (Lipinski definition) is 2. The van der Waals surface area contributed by atoms with Gasteiger partial charge in [-0.05, 0) is 43.5 Å². The van der Waals surface area contributed by atoms with E-state index >= 15 is 0 Å². The first kappa shape index (κ1) is 20.4. The summed E-state index contributed by atoms with van der Waals surface area (Å²) in [5.41, 5.74) is 3.08. The van der Waals surface area contributed by atoms with Gasteiger partial charge in [0.2, 0.25) is 5.88 Å². The van der Waals surface area contributed by atoms with Gasteiger partial charge in [0, 0.05) is 18.3 Å². The van der Waals surface area contributed by atoms with E-state index in [4.69, 9.17) is 4.74 Å². The fraction of sp³-hybridized carbons (Fsp3) is 0.400. The quantitative estimate of drug-likeness (QED) is 0.663. The number of anilines is 2. The number of rotatable bonds is 5. The second-order valence-corrected chi connectivity index (χ2v) is 7.19. The molecule has 0 amide bonds. The number of nitrogens with one attached hydrogen (secondary N) is 2. The van der Waals surface area contributed by atoms with Crippen LogP contribution in [0.1, 0.15) is 38.3 Å². The third-order valence-electron chi connectivity index (χ3n) is 4.71. The lowest BCUT2D eigenvalue weighted by Crippen LogP contribution is -2.37. The molecule has 8 heteroatoms. The average Bonchev–Trinajstić information content (AvgIpc) is 3.07. The molecule has 0 bridgehead atoms. The Kier molecular flexibility index (Phi) is 6.36. The topological polar surface area (TPSA) is 63.5 Å². The van der Waals surface area contributed by atoms with Crippen molar-refractivity contribution < 1.29 is 9.13 Å². The van der Waals surface area contributed by atoms with E-state index in [-0.39, 0.29) is 30.2 Å². The van der Waals surface area contributed by atoms with Gasteiger partial charge in [-0.25, -0.2) is 13.9 Å². The second kappa shape index (κ2) is 8.75. The first-order valence-corrected chi connectivity index (χ1v) is 9.39. The van der Waals surface area contributed by atoms with Crippen molar-refractivity contribution in [3.05, 3.63) is 48.0 Å². The minimum Gasteiger partial charge on any atom is -0.472 e. The lowest BCUT2D eigenvalue weighted by molar-refractivity contribution is 0.158. The SMILES string of the molecule is CC(C)c1cnc2c(Nc3cccc(F)c3)cc(OC3CCCNC3)nn12.Cl. The minimum absolute atomic E-state index is 0. The Hall–Kier alpha value is -2.38. The largest absolute Gasteiger partial charge is 0.472 e. The molecule has 0 aliphatic carbocycles. The van der Waals surface area contributed by atoms with Crippen LogP contribution >= 0.6 is 12.4 Å². The van der Waals surface area contributed by atoms with E-state index in [9.17, 15) is 4.39 Å². The molecule has 0 saturated carbocycles. The van der Waals surface area contributed by atoms with Crippen LogP contribution in [-0.4, -0.2) is 33.8 Å². The summed E-state index contributed by atoms with van der Waals surface area (Å²) in [6, 6.07) is 8.20. The molecule has 1 atom stereocenters. The summed E-state index contributed by atoms with van der Waals surface area (Å²) in [6.45, 7) is 6.04. The van der Waals surface area contributed by atoms with Crippen molar-refractivity contribution in [1.82, 2.24) is 19.9 Å². The highest BCUT2D eigenvalue weighted by Gasteiger charge is 2.19. The normalized spacial score (nSPS) is 16.8. The van der Waals surface area contributed by atoms with Crippen molar-refractivity contribution >= 4 is 29.4 Å². The smallest absolute Gasteiger partial charge is 0.234 e. The van der Waals surface area contributed by atoms with Gasteiger partial charge in [-0.2, -0.15) is 0 Å². The summed E-state index contributed by atoms with van der Waals surface area (Å²) in [5.74, 6) is 0.511. The molecular weight excluding hydrogens is 381 g/mol. The standard InChI is InChI=1S/C20H24FN5O.ClH/c1-13(2)18-12-23-20-17(24-15-6-3-5-14(21)9-15)10-19(25-26(18)20)27-16-7-4-8-22-11-16;/h3,5-6,9-10,12-13,16,22,24H,4,7-8,11H2,1-2H3;1H. The Morgan fingerprint density at radius 3 is 2.89 bits per heavy atom. The van der Waals surface area contributed by atoms with Crippen LogP contribution in [0.25, 0.3) is 5.65 Å². The molecule has 2 aromatic heterocycles. The summed E-state index contributed by atoms with van der Waals surface area (Å²) in [7, 11) is 0. The molecule has 1 saturated heterocycles. The molecule has 1 unspecified atom stereocenters. The van der Waals surface area contributed by atoms with Crippen molar-refractivity contribution in [2.24, 2.45) is 0 Å². The lowest BCUT2D eigenvalue weighted by atomic mass is 10.1. The number of imidazole rings is 1. The summed E-state index contributed by atoms with van der Waals surface area (Å²) in [6.07, 6.45) is 4.01. The van der Waals surface area contributed by atoms with Gasteiger partial charge in [-0.15, -0.1) is 17.5 Å². The molecule has 150 valence electrons. The highest BCUT2D eigenvalue weighted by atomic mass is 35.5. The second-order valence-electron chi connectivity index (χ2n) is 7.19. The maximum absolute atomic E-state index is 13.6. The van der Waals surface area contributed by atoms with E-state index in [0.29, 0.717) is 17.2 Å². The van der Waals surface area contributed by atoms with Gasteiger partial charge in [-0.3, -0.25) is 0 Å². The average molecular weight is 406 g/mol. The Morgan fingerprint density at radius 2 is 2.18 bits per heavy atom. The summed E-state index contributed by atoms with van der Waals surface area (Å²) < 4.78 is 21.5. The van der Waals surface area contributed by atoms with Crippen LogP contribution in [0.2, 0.25) is 0 Å². The Bertz CT molecular complexity index is 939. The molecule has 3 aromatic rings. The highest BCUT2D eigenvalue weighted by Crippen LogP contribution is 2.28. The maximum atomic E-state index is 13.6. The first-order chi connectivity index (χ1) is 13.1. The predicted octanol–water partition coefficient (Wildman–Crippen LogP) is 4.29. The molecule has 1 aromatic carbocycles. The van der Waals surface area contributed by atoms with Crippen molar-refractivity contribution in [3.8, 4) is 5.88 Å². The number of aromatic nitrogens is 3. The van der Waals surface area contributed by atoms with Crippen molar-refractivity contribution in [1.29, 1.82) is 0 Å². The predicted molar refractivity (Wildman–Crippen MR) is 111 cm³/mol. The number of nitrogens with zero attached hydrogens (tertiary/aromatic N) is 3. The van der Waals surface area contributed by atoms with Crippen molar-refractivity contribution in [2.45, 2.75) is 38.7 Å². The number of halogens is 2.